The molecule has 1 aromatic heterocycles. The Morgan fingerprint density at radius 3 is 1.89 bits per heavy atom. The quantitative estimate of drug-likeness (QED) is 0.223. The number of piperazine rings is 1. The molecule has 1 amide bonds. The highest BCUT2D eigenvalue weighted by atomic mass is 16.6. The zero-order valence-electron chi connectivity index (χ0n) is 21.1. The molecule has 1 fully saturated rings. The number of rotatable bonds is 9. The highest BCUT2D eigenvalue weighted by Crippen LogP contribution is 2.22. The second-order valence-corrected chi connectivity index (χ2v) is 9.44. The number of hydrogen-bond acceptors (Lipinski definition) is 6. The van der Waals surface area contributed by atoms with Gasteiger partial charge in [0.1, 0.15) is 5.76 Å². The van der Waals surface area contributed by atoms with Gasteiger partial charge in [-0.15, -0.1) is 0 Å². The maximum Gasteiger partial charge on any atom is 0.289 e. The fourth-order valence-corrected chi connectivity index (χ4v) is 4.76. The Kier molecular flexibility index (Phi) is 7.80. The molecule has 0 saturated carbocycles. The second-order valence-electron chi connectivity index (χ2n) is 9.44. The van der Waals surface area contributed by atoms with Gasteiger partial charge in [-0.3, -0.25) is 19.8 Å². The molecule has 1 aliphatic rings. The van der Waals surface area contributed by atoms with E-state index in [2.05, 4.69) is 34.1 Å². The first kappa shape index (κ1) is 25.2. The molecule has 0 unspecified atom stereocenters. The number of nitro groups is 1. The van der Waals surface area contributed by atoms with E-state index >= 15 is 0 Å². The maximum absolute atomic E-state index is 13.2. The number of benzene rings is 3. The van der Waals surface area contributed by atoms with Crippen LogP contribution in [-0.2, 0) is 19.6 Å². The molecule has 38 heavy (non-hydrogen) atoms. The summed E-state index contributed by atoms with van der Waals surface area (Å²) in [6.07, 6.45) is 0. The molecule has 0 radical (unpaired) electrons. The van der Waals surface area contributed by atoms with Crippen LogP contribution < -0.4 is 4.90 Å². The molecule has 0 aliphatic carbocycles. The first-order chi connectivity index (χ1) is 18.5. The van der Waals surface area contributed by atoms with Gasteiger partial charge in [0.05, 0.1) is 11.5 Å². The third-order valence-electron chi connectivity index (χ3n) is 6.74. The topological polar surface area (TPSA) is 83.1 Å². The molecule has 4 aromatic rings. The first-order valence-electron chi connectivity index (χ1n) is 12.7. The molecular weight excluding hydrogens is 480 g/mol. The van der Waals surface area contributed by atoms with E-state index in [1.54, 1.807) is 23.1 Å². The van der Waals surface area contributed by atoms with Gasteiger partial charge in [-0.1, -0.05) is 60.7 Å². The van der Waals surface area contributed by atoms with Crippen LogP contribution in [0.15, 0.2) is 101 Å². The SMILES string of the molecule is O=C(c1ccc(CN(Cc2ccccc2)Cc2ccccc2)o1)N1CCN(c2ccc([N+](=O)[O-])cc2)CC1. The molecule has 8 nitrogen and oxygen atoms in total. The van der Waals surface area contributed by atoms with Gasteiger partial charge in [-0.05, 0) is 35.4 Å². The Balaban J connectivity index is 1.20. The van der Waals surface area contributed by atoms with Gasteiger partial charge in [0.15, 0.2) is 5.76 Å². The average molecular weight is 511 g/mol. The lowest BCUT2D eigenvalue weighted by Gasteiger charge is -2.35. The van der Waals surface area contributed by atoms with Gasteiger partial charge in [0.25, 0.3) is 11.6 Å². The first-order valence-corrected chi connectivity index (χ1v) is 12.7. The standard InChI is InChI=1S/C30H30N4O4/c35-30(33-19-17-32(18-20-33)26-11-13-27(14-12-26)34(36)37)29-16-15-28(38-29)23-31(21-24-7-3-1-4-8-24)22-25-9-5-2-6-10-25/h1-16H,17-23H2. The summed E-state index contributed by atoms with van der Waals surface area (Å²) in [5, 5.41) is 10.9. The van der Waals surface area contributed by atoms with Gasteiger partial charge in [-0.2, -0.15) is 0 Å². The number of non-ortho nitro benzene ring substituents is 1. The fourth-order valence-electron chi connectivity index (χ4n) is 4.76. The normalized spacial score (nSPS) is 13.6. The Hall–Kier alpha value is -4.43. The van der Waals surface area contributed by atoms with E-state index in [1.165, 1.54) is 23.3 Å². The highest BCUT2D eigenvalue weighted by Gasteiger charge is 2.25. The second kappa shape index (κ2) is 11.7. The summed E-state index contributed by atoms with van der Waals surface area (Å²) in [6.45, 7) is 4.54. The molecule has 0 bridgehead atoms. The van der Waals surface area contributed by atoms with Gasteiger partial charge in [-0.25, -0.2) is 0 Å². The van der Waals surface area contributed by atoms with Crippen LogP contribution in [0.5, 0.6) is 0 Å². The van der Waals surface area contributed by atoms with Gasteiger partial charge in [0, 0.05) is 57.1 Å². The van der Waals surface area contributed by atoms with Crippen molar-refractivity contribution < 1.29 is 14.1 Å². The number of anilines is 1. The van der Waals surface area contributed by atoms with Gasteiger partial charge < -0.3 is 14.2 Å². The minimum atomic E-state index is -0.402. The van der Waals surface area contributed by atoms with E-state index in [0.29, 0.717) is 38.5 Å². The summed E-state index contributed by atoms with van der Waals surface area (Å²) in [5.41, 5.74) is 3.43. The third-order valence-corrected chi connectivity index (χ3v) is 6.74. The summed E-state index contributed by atoms with van der Waals surface area (Å²) in [5.74, 6) is 0.991. The van der Waals surface area contributed by atoms with Crippen molar-refractivity contribution in [3.05, 3.63) is 130 Å². The molecule has 0 spiro atoms. The predicted molar refractivity (Wildman–Crippen MR) is 146 cm³/mol. The third kappa shape index (κ3) is 6.27. The van der Waals surface area contributed by atoms with Crippen molar-refractivity contribution in [2.45, 2.75) is 19.6 Å². The monoisotopic (exact) mass is 510 g/mol. The molecule has 3 aromatic carbocycles. The Morgan fingerprint density at radius 2 is 1.34 bits per heavy atom. The molecular formula is C30H30N4O4. The van der Waals surface area contributed by atoms with E-state index in [4.69, 9.17) is 4.42 Å². The predicted octanol–water partition coefficient (Wildman–Crippen LogP) is 5.35. The number of nitrogens with zero attached hydrogens (tertiary/aromatic N) is 4. The lowest BCUT2D eigenvalue weighted by atomic mass is 10.1. The lowest BCUT2D eigenvalue weighted by molar-refractivity contribution is -0.384. The zero-order valence-corrected chi connectivity index (χ0v) is 21.1. The highest BCUT2D eigenvalue weighted by molar-refractivity contribution is 5.91. The summed E-state index contributed by atoms with van der Waals surface area (Å²) < 4.78 is 6.04. The summed E-state index contributed by atoms with van der Waals surface area (Å²) in [4.78, 5) is 29.9. The Morgan fingerprint density at radius 1 is 0.763 bits per heavy atom. The minimum Gasteiger partial charge on any atom is -0.455 e. The fraction of sp³-hybridized carbons (Fsp3) is 0.233. The van der Waals surface area contributed by atoms with Crippen LogP contribution in [0.2, 0.25) is 0 Å². The van der Waals surface area contributed by atoms with Crippen molar-refractivity contribution in [1.29, 1.82) is 0 Å². The van der Waals surface area contributed by atoms with Crippen molar-refractivity contribution in [1.82, 2.24) is 9.80 Å². The summed E-state index contributed by atoms with van der Waals surface area (Å²) >= 11 is 0. The largest absolute Gasteiger partial charge is 0.455 e. The van der Waals surface area contributed by atoms with Crippen LogP contribution in [0, 0.1) is 10.1 Å². The van der Waals surface area contributed by atoms with Gasteiger partial charge >= 0.3 is 0 Å². The Labute approximate surface area is 221 Å². The van der Waals surface area contributed by atoms with E-state index in [-0.39, 0.29) is 11.6 Å². The van der Waals surface area contributed by atoms with E-state index in [1.807, 2.05) is 42.5 Å². The zero-order chi connectivity index (χ0) is 26.3. The van der Waals surface area contributed by atoms with Crippen LogP contribution in [-0.4, -0.2) is 46.8 Å². The molecule has 0 N–H and O–H groups in total. The minimum absolute atomic E-state index is 0.0716. The van der Waals surface area contributed by atoms with Crippen LogP contribution in [0.3, 0.4) is 0 Å². The molecule has 1 aliphatic heterocycles. The Bertz CT molecular complexity index is 1310. The van der Waals surface area contributed by atoms with E-state index in [0.717, 1.165) is 24.5 Å². The summed E-state index contributed by atoms with van der Waals surface area (Å²) in [7, 11) is 0. The maximum atomic E-state index is 13.2. The van der Waals surface area contributed by atoms with Crippen LogP contribution >= 0.6 is 0 Å². The summed E-state index contributed by atoms with van der Waals surface area (Å²) in [6, 6.07) is 30.9. The van der Waals surface area contributed by atoms with Crippen molar-refractivity contribution in [3.8, 4) is 0 Å². The molecule has 194 valence electrons. The van der Waals surface area contributed by atoms with Crippen LogP contribution in [0.25, 0.3) is 0 Å². The molecule has 2 heterocycles. The van der Waals surface area contributed by atoms with E-state index in [9.17, 15) is 14.9 Å². The van der Waals surface area contributed by atoms with Crippen molar-refractivity contribution in [3.63, 3.8) is 0 Å². The molecule has 1 saturated heterocycles. The van der Waals surface area contributed by atoms with Crippen molar-refractivity contribution >= 4 is 17.3 Å². The average Bonchev–Trinajstić information content (AvgIpc) is 3.42. The number of amides is 1. The number of hydrogen-bond donors (Lipinski definition) is 0. The molecule has 8 heteroatoms. The number of nitro benzene ring substituents is 1. The van der Waals surface area contributed by atoms with Crippen molar-refractivity contribution in [2.24, 2.45) is 0 Å². The number of carbonyl (C=O) groups excluding carboxylic acids is 1. The van der Waals surface area contributed by atoms with Crippen LogP contribution in [0.1, 0.15) is 27.4 Å². The smallest absolute Gasteiger partial charge is 0.289 e. The molecule has 0 atom stereocenters. The number of carbonyl (C=O) groups is 1. The lowest BCUT2D eigenvalue weighted by Crippen LogP contribution is -2.48. The van der Waals surface area contributed by atoms with Crippen molar-refractivity contribution in [2.75, 3.05) is 31.1 Å². The number of furan rings is 1. The molecule has 5 rings (SSSR count). The van der Waals surface area contributed by atoms with Gasteiger partial charge in [0.2, 0.25) is 0 Å². The van der Waals surface area contributed by atoms with E-state index < -0.39 is 4.92 Å². The van der Waals surface area contributed by atoms with Crippen LogP contribution in [0.4, 0.5) is 11.4 Å².